The average molecular weight is 593 g/mol. The molecule has 222 valence electrons. The Labute approximate surface area is 248 Å². The topological polar surface area (TPSA) is 151 Å². The third kappa shape index (κ3) is 7.69. The lowest BCUT2D eigenvalue weighted by molar-refractivity contribution is -0.130. The van der Waals surface area contributed by atoms with Crippen molar-refractivity contribution in [3.63, 3.8) is 0 Å². The molecule has 0 aliphatic carbocycles. The SMILES string of the molecule is CC[C@H]1NC(=O)[C@@H](NC(=O)c2cc(=O)cc(C)n2C)CCCCNC(=O)c2csc(n2)[C@H](Cc2ccccc2)NC1=O. The molecule has 0 unspecified atom stereocenters. The van der Waals surface area contributed by atoms with Crippen LogP contribution in [0.5, 0.6) is 0 Å². The first-order valence-corrected chi connectivity index (χ1v) is 14.9. The molecule has 2 bridgehead atoms. The van der Waals surface area contributed by atoms with E-state index in [2.05, 4.69) is 26.3 Å². The van der Waals surface area contributed by atoms with Crippen LogP contribution in [0.2, 0.25) is 0 Å². The van der Waals surface area contributed by atoms with Gasteiger partial charge in [-0.15, -0.1) is 11.3 Å². The maximum atomic E-state index is 13.5. The van der Waals surface area contributed by atoms with E-state index in [1.54, 1.807) is 30.8 Å². The van der Waals surface area contributed by atoms with E-state index in [0.717, 1.165) is 5.56 Å². The molecule has 3 heterocycles. The molecule has 0 spiro atoms. The molecule has 0 saturated carbocycles. The first-order valence-electron chi connectivity index (χ1n) is 14.0. The molecule has 1 aromatic carbocycles. The maximum absolute atomic E-state index is 13.5. The zero-order valence-electron chi connectivity index (χ0n) is 23.9. The molecule has 12 heteroatoms. The Morgan fingerprint density at radius 2 is 1.79 bits per heavy atom. The molecule has 1 aliphatic rings. The van der Waals surface area contributed by atoms with E-state index in [4.69, 9.17) is 0 Å². The van der Waals surface area contributed by atoms with Crippen molar-refractivity contribution in [2.75, 3.05) is 6.54 Å². The summed E-state index contributed by atoms with van der Waals surface area (Å²) in [5, 5.41) is 13.7. The third-order valence-electron chi connectivity index (χ3n) is 7.27. The Hall–Kier alpha value is -4.32. The summed E-state index contributed by atoms with van der Waals surface area (Å²) in [6.45, 7) is 3.87. The first-order chi connectivity index (χ1) is 20.2. The Morgan fingerprint density at radius 3 is 2.52 bits per heavy atom. The Bertz CT molecular complexity index is 1500. The summed E-state index contributed by atoms with van der Waals surface area (Å²) >= 11 is 1.29. The van der Waals surface area contributed by atoms with E-state index in [1.165, 1.54) is 23.5 Å². The lowest BCUT2D eigenvalue weighted by Crippen LogP contribution is -2.54. The molecule has 0 fully saturated rings. The van der Waals surface area contributed by atoms with Gasteiger partial charge in [0.1, 0.15) is 28.5 Å². The van der Waals surface area contributed by atoms with E-state index < -0.39 is 35.8 Å². The summed E-state index contributed by atoms with van der Waals surface area (Å²) in [7, 11) is 1.67. The second-order valence-electron chi connectivity index (χ2n) is 10.3. The number of rotatable bonds is 5. The molecule has 0 radical (unpaired) electrons. The molecule has 3 atom stereocenters. The van der Waals surface area contributed by atoms with E-state index in [0.29, 0.717) is 42.9 Å². The number of amides is 4. The van der Waals surface area contributed by atoms with Gasteiger partial charge in [-0.25, -0.2) is 4.98 Å². The fraction of sp³-hybridized carbons (Fsp3) is 0.400. The number of carbonyl (C=O) groups is 4. The van der Waals surface area contributed by atoms with Gasteiger partial charge in [-0.05, 0) is 44.6 Å². The number of nitrogens with zero attached hydrogens (tertiary/aromatic N) is 2. The van der Waals surface area contributed by atoms with Crippen molar-refractivity contribution in [1.82, 2.24) is 30.8 Å². The lowest BCUT2D eigenvalue weighted by Gasteiger charge is -2.25. The largest absolute Gasteiger partial charge is 0.351 e. The standard InChI is InChI=1S/C30H36N6O5S/c1-4-21-27(39)34-23(15-19-10-6-5-7-11-19)30-35-24(17-42-30)26(38)31-13-9-8-12-22(28(40)32-21)33-29(41)25-16-20(37)14-18(2)36(25)3/h5-7,10-11,14,16-17,21-23H,4,8-9,12-13,15H2,1-3H3,(H,31,38)(H,32,40)(H,33,41)(H,34,39)/t21-,22+,23+/m1/s1. The molecule has 1 aliphatic heterocycles. The van der Waals surface area contributed by atoms with E-state index in [-0.39, 0.29) is 29.1 Å². The van der Waals surface area contributed by atoms with E-state index in [1.807, 2.05) is 30.3 Å². The summed E-state index contributed by atoms with van der Waals surface area (Å²) in [6.07, 6.45) is 2.09. The van der Waals surface area contributed by atoms with Crippen LogP contribution in [0.15, 0.2) is 52.6 Å². The minimum Gasteiger partial charge on any atom is -0.351 e. The van der Waals surface area contributed by atoms with Crippen LogP contribution in [0.25, 0.3) is 0 Å². The molecule has 42 heavy (non-hydrogen) atoms. The highest BCUT2D eigenvalue weighted by molar-refractivity contribution is 7.09. The number of nitrogens with one attached hydrogen (secondary N) is 4. The zero-order chi connectivity index (χ0) is 30.2. The van der Waals surface area contributed by atoms with Crippen LogP contribution in [-0.2, 0) is 23.1 Å². The van der Waals surface area contributed by atoms with Crippen molar-refractivity contribution in [3.8, 4) is 0 Å². The number of fused-ring (bicyclic) bond motifs is 2. The molecule has 11 nitrogen and oxygen atoms in total. The maximum Gasteiger partial charge on any atom is 0.270 e. The fourth-order valence-electron chi connectivity index (χ4n) is 4.75. The quantitative estimate of drug-likeness (QED) is 0.357. The van der Waals surface area contributed by atoms with Gasteiger partial charge >= 0.3 is 0 Å². The van der Waals surface area contributed by atoms with Gasteiger partial charge in [0, 0.05) is 36.8 Å². The summed E-state index contributed by atoms with van der Waals surface area (Å²) < 4.78 is 1.58. The van der Waals surface area contributed by atoms with Gasteiger partial charge in [0.15, 0.2) is 5.43 Å². The highest BCUT2D eigenvalue weighted by atomic mass is 32.1. The van der Waals surface area contributed by atoms with Crippen LogP contribution >= 0.6 is 11.3 Å². The number of benzene rings is 1. The molecule has 2 aromatic heterocycles. The molecular formula is C30H36N6O5S. The van der Waals surface area contributed by atoms with Gasteiger partial charge in [0.2, 0.25) is 11.8 Å². The first kappa shape index (κ1) is 30.6. The van der Waals surface area contributed by atoms with E-state index >= 15 is 0 Å². The summed E-state index contributed by atoms with van der Waals surface area (Å²) in [6, 6.07) is 9.91. The van der Waals surface area contributed by atoms with Crippen LogP contribution < -0.4 is 26.7 Å². The number of carbonyl (C=O) groups excluding carboxylic acids is 4. The predicted octanol–water partition coefficient (Wildman–Crippen LogP) is 2.16. The van der Waals surface area contributed by atoms with Crippen molar-refractivity contribution in [2.45, 2.75) is 64.1 Å². The van der Waals surface area contributed by atoms with Crippen molar-refractivity contribution in [3.05, 3.63) is 85.7 Å². The minimum atomic E-state index is -0.961. The summed E-state index contributed by atoms with van der Waals surface area (Å²) in [5.74, 6) is -1.79. The molecule has 4 N–H and O–H groups in total. The van der Waals surface area contributed by atoms with Gasteiger partial charge in [-0.2, -0.15) is 0 Å². The van der Waals surface area contributed by atoms with Crippen molar-refractivity contribution in [1.29, 1.82) is 0 Å². The van der Waals surface area contributed by atoms with Crippen LogP contribution in [-0.4, -0.2) is 51.8 Å². The normalized spacial score (nSPS) is 20.3. The third-order valence-corrected chi connectivity index (χ3v) is 8.23. The molecule has 3 aromatic rings. The number of thiazole rings is 1. The number of aryl methyl sites for hydroxylation is 1. The smallest absolute Gasteiger partial charge is 0.270 e. The summed E-state index contributed by atoms with van der Waals surface area (Å²) in [5.41, 5.74) is 1.68. The second-order valence-corrected chi connectivity index (χ2v) is 11.2. The Morgan fingerprint density at radius 1 is 1.05 bits per heavy atom. The number of hydrogen-bond donors (Lipinski definition) is 4. The average Bonchev–Trinajstić information content (AvgIpc) is 3.47. The highest BCUT2D eigenvalue weighted by Gasteiger charge is 2.29. The van der Waals surface area contributed by atoms with Gasteiger partial charge in [-0.1, -0.05) is 37.3 Å². The Balaban J connectivity index is 1.59. The zero-order valence-corrected chi connectivity index (χ0v) is 24.8. The Kier molecular flexibility index (Phi) is 10.2. The van der Waals surface area contributed by atoms with Crippen LogP contribution in [0, 0.1) is 6.92 Å². The van der Waals surface area contributed by atoms with Gasteiger partial charge < -0.3 is 25.8 Å². The van der Waals surface area contributed by atoms with Crippen LogP contribution in [0.4, 0.5) is 0 Å². The molecular weight excluding hydrogens is 556 g/mol. The minimum absolute atomic E-state index is 0.128. The second kappa shape index (κ2) is 14.0. The summed E-state index contributed by atoms with van der Waals surface area (Å²) in [4.78, 5) is 69.5. The van der Waals surface area contributed by atoms with E-state index in [9.17, 15) is 24.0 Å². The predicted molar refractivity (Wildman–Crippen MR) is 159 cm³/mol. The molecule has 4 amide bonds. The van der Waals surface area contributed by atoms with Gasteiger partial charge in [0.05, 0.1) is 6.04 Å². The van der Waals surface area contributed by atoms with Gasteiger partial charge in [-0.3, -0.25) is 24.0 Å². The highest BCUT2D eigenvalue weighted by Crippen LogP contribution is 2.23. The molecule has 0 saturated heterocycles. The fourth-order valence-corrected chi connectivity index (χ4v) is 5.60. The van der Waals surface area contributed by atoms with Crippen LogP contribution in [0.3, 0.4) is 0 Å². The van der Waals surface area contributed by atoms with Crippen molar-refractivity contribution < 1.29 is 19.2 Å². The monoisotopic (exact) mass is 592 g/mol. The number of aromatic nitrogens is 2. The number of hydrogen-bond acceptors (Lipinski definition) is 7. The number of pyridine rings is 1. The van der Waals surface area contributed by atoms with Gasteiger partial charge in [0.25, 0.3) is 11.8 Å². The van der Waals surface area contributed by atoms with Crippen molar-refractivity contribution >= 4 is 35.0 Å². The van der Waals surface area contributed by atoms with Crippen molar-refractivity contribution in [2.24, 2.45) is 7.05 Å². The lowest BCUT2D eigenvalue weighted by atomic mass is 10.0. The molecule has 4 rings (SSSR count). The van der Waals surface area contributed by atoms with Crippen LogP contribution in [0.1, 0.15) is 75.9 Å².